The number of likely N-dealkylation sites (N-methyl/N-ethyl adjacent to an activating group) is 1. The normalized spacial score (nSPS) is 11.8. The highest BCUT2D eigenvalue weighted by Crippen LogP contribution is 2.36. The number of hydrogen-bond donors (Lipinski definition) is 1. The van der Waals surface area contributed by atoms with Gasteiger partial charge in [0.05, 0.1) is 18.7 Å². The van der Waals surface area contributed by atoms with Gasteiger partial charge in [0.2, 0.25) is 11.8 Å². The van der Waals surface area contributed by atoms with E-state index in [-0.39, 0.29) is 11.8 Å². The Morgan fingerprint density at radius 2 is 1.90 bits per heavy atom. The predicted octanol–water partition coefficient (Wildman–Crippen LogP) is 3.58. The lowest BCUT2D eigenvalue weighted by Crippen LogP contribution is -2.47. The SMILES string of the molecule is CCOc1cc(C=CC(=O)NC(Cc2ccccc2)C(=O)N(C)C)cc(Cl)c1OC. The fourth-order valence-electron chi connectivity index (χ4n) is 2.90. The number of nitrogens with one attached hydrogen (secondary N) is 1. The smallest absolute Gasteiger partial charge is 0.244 e. The Morgan fingerprint density at radius 1 is 1.20 bits per heavy atom. The summed E-state index contributed by atoms with van der Waals surface area (Å²) in [5.41, 5.74) is 1.64. The highest BCUT2D eigenvalue weighted by Gasteiger charge is 2.22. The highest BCUT2D eigenvalue weighted by molar-refractivity contribution is 6.32. The van der Waals surface area contributed by atoms with Crippen molar-refractivity contribution in [1.82, 2.24) is 10.2 Å². The molecule has 0 aliphatic rings. The van der Waals surface area contributed by atoms with Gasteiger partial charge in [0.15, 0.2) is 11.5 Å². The van der Waals surface area contributed by atoms with Gasteiger partial charge in [-0.25, -0.2) is 0 Å². The number of methoxy groups -OCH3 is 1. The molecule has 0 radical (unpaired) electrons. The largest absolute Gasteiger partial charge is 0.491 e. The molecule has 30 heavy (non-hydrogen) atoms. The van der Waals surface area contributed by atoms with E-state index in [0.717, 1.165) is 5.56 Å². The highest BCUT2D eigenvalue weighted by atomic mass is 35.5. The fraction of sp³-hybridized carbons (Fsp3) is 0.304. The van der Waals surface area contributed by atoms with Crippen LogP contribution in [0.5, 0.6) is 11.5 Å². The number of carbonyl (C=O) groups excluding carboxylic acids is 2. The van der Waals surface area contributed by atoms with Crippen LogP contribution in [0.2, 0.25) is 5.02 Å². The third kappa shape index (κ3) is 6.52. The molecule has 0 saturated heterocycles. The summed E-state index contributed by atoms with van der Waals surface area (Å²) in [5.74, 6) is 0.389. The number of hydrogen-bond acceptors (Lipinski definition) is 4. The maximum atomic E-state index is 12.5. The zero-order chi connectivity index (χ0) is 22.1. The summed E-state index contributed by atoms with van der Waals surface area (Å²) >= 11 is 6.25. The van der Waals surface area contributed by atoms with Gasteiger partial charge in [0.1, 0.15) is 6.04 Å². The van der Waals surface area contributed by atoms with Crippen molar-refractivity contribution in [3.63, 3.8) is 0 Å². The molecular weight excluding hydrogens is 404 g/mol. The van der Waals surface area contributed by atoms with Gasteiger partial charge in [0, 0.05) is 26.6 Å². The summed E-state index contributed by atoms with van der Waals surface area (Å²) in [6.45, 7) is 2.31. The van der Waals surface area contributed by atoms with Gasteiger partial charge in [-0.15, -0.1) is 0 Å². The van der Waals surface area contributed by atoms with Crippen LogP contribution >= 0.6 is 11.6 Å². The molecule has 6 nitrogen and oxygen atoms in total. The van der Waals surface area contributed by atoms with E-state index in [9.17, 15) is 9.59 Å². The van der Waals surface area contributed by atoms with E-state index in [1.807, 2.05) is 37.3 Å². The third-order valence-corrected chi connectivity index (χ3v) is 4.58. The van der Waals surface area contributed by atoms with Gasteiger partial charge in [-0.2, -0.15) is 0 Å². The van der Waals surface area contributed by atoms with Crippen molar-refractivity contribution in [3.05, 3.63) is 64.7 Å². The van der Waals surface area contributed by atoms with Crippen LogP contribution in [0.4, 0.5) is 0 Å². The lowest BCUT2D eigenvalue weighted by atomic mass is 10.0. The van der Waals surface area contributed by atoms with E-state index in [0.29, 0.717) is 35.1 Å². The molecule has 7 heteroatoms. The summed E-state index contributed by atoms with van der Waals surface area (Å²) in [5, 5.41) is 3.17. The second-order valence-electron chi connectivity index (χ2n) is 6.78. The van der Waals surface area contributed by atoms with Crippen molar-refractivity contribution in [2.45, 2.75) is 19.4 Å². The number of ether oxygens (including phenoxy) is 2. The van der Waals surface area contributed by atoms with Crippen LogP contribution in [-0.2, 0) is 16.0 Å². The van der Waals surface area contributed by atoms with E-state index in [4.69, 9.17) is 21.1 Å². The van der Waals surface area contributed by atoms with Crippen LogP contribution < -0.4 is 14.8 Å². The number of benzene rings is 2. The van der Waals surface area contributed by atoms with Crippen molar-refractivity contribution in [2.24, 2.45) is 0 Å². The Labute approximate surface area is 182 Å². The number of carbonyl (C=O) groups is 2. The Bertz CT molecular complexity index is 898. The zero-order valence-corrected chi connectivity index (χ0v) is 18.4. The first-order valence-electron chi connectivity index (χ1n) is 9.59. The minimum absolute atomic E-state index is 0.174. The predicted molar refractivity (Wildman–Crippen MR) is 119 cm³/mol. The number of rotatable bonds is 9. The minimum Gasteiger partial charge on any atom is -0.491 e. The topological polar surface area (TPSA) is 67.9 Å². The first-order chi connectivity index (χ1) is 14.3. The quantitative estimate of drug-likeness (QED) is 0.617. The number of amides is 2. The summed E-state index contributed by atoms with van der Waals surface area (Å²) in [4.78, 5) is 26.5. The third-order valence-electron chi connectivity index (χ3n) is 4.30. The Hall–Kier alpha value is -2.99. The summed E-state index contributed by atoms with van der Waals surface area (Å²) < 4.78 is 10.8. The maximum absolute atomic E-state index is 12.5. The molecule has 1 unspecified atom stereocenters. The van der Waals surface area contributed by atoms with Gasteiger partial charge >= 0.3 is 0 Å². The van der Waals surface area contributed by atoms with Gasteiger partial charge in [0.25, 0.3) is 0 Å². The average molecular weight is 431 g/mol. The molecule has 0 bridgehead atoms. The monoisotopic (exact) mass is 430 g/mol. The van der Waals surface area contributed by atoms with Gasteiger partial charge in [-0.3, -0.25) is 9.59 Å². The molecule has 0 saturated carbocycles. The maximum Gasteiger partial charge on any atom is 0.244 e. The van der Waals surface area contributed by atoms with Crippen LogP contribution in [0.15, 0.2) is 48.5 Å². The van der Waals surface area contributed by atoms with Gasteiger partial charge in [-0.1, -0.05) is 41.9 Å². The van der Waals surface area contributed by atoms with Crippen LogP contribution in [0.1, 0.15) is 18.1 Å². The van der Waals surface area contributed by atoms with Crippen LogP contribution in [-0.4, -0.2) is 50.6 Å². The second-order valence-corrected chi connectivity index (χ2v) is 7.19. The molecule has 2 aromatic rings. The van der Waals surface area contributed by atoms with Crippen molar-refractivity contribution in [2.75, 3.05) is 27.8 Å². The van der Waals surface area contributed by atoms with Crippen molar-refractivity contribution >= 4 is 29.5 Å². The lowest BCUT2D eigenvalue weighted by molar-refractivity contribution is -0.133. The molecule has 1 atom stereocenters. The van der Waals surface area contributed by atoms with E-state index in [2.05, 4.69) is 5.32 Å². The van der Waals surface area contributed by atoms with Crippen molar-refractivity contribution in [3.8, 4) is 11.5 Å². The molecule has 0 aliphatic heterocycles. The fourth-order valence-corrected chi connectivity index (χ4v) is 3.19. The van der Waals surface area contributed by atoms with E-state index < -0.39 is 6.04 Å². The van der Waals surface area contributed by atoms with E-state index in [1.165, 1.54) is 18.1 Å². The van der Waals surface area contributed by atoms with Crippen LogP contribution in [0.3, 0.4) is 0 Å². The Kier molecular flexibility index (Phi) is 8.74. The van der Waals surface area contributed by atoms with Crippen LogP contribution in [0.25, 0.3) is 6.08 Å². The first kappa shape index (κ1) is 23.3. The van der Waals surface area contributed by atoms with Gasteiger partial charge in [-0.05, 0) is 36.3 Å². The molecule has 0 spiro atoms. The Morgan fingerprint density at radius 3 is 2.50 bits per heavy atom. The average Bonchev–Trinajstić information content (AvgIpc) is 2.72. The molecule has 160 valence electrons. The molecular formula is C23H27ClN2O4. The molecule has 0 heterocycles. The van der Waals surface area contributed by atoms with E-state index >= 15 is 0 Å². The van der Waals surface area contributed by atoms with Crippen molar-refractivity contribution in [1.29, 1.82) is 0 Å². The molecule has 2 rings (SSSR count). The molecule has 0 aromatic heterocycles. The number of halogens is 1. The first-order valence-corrected chi connectivity index (χ1v) is 9.97. The zero-order valence-electron chi connectivity index (χ0n) is 17.6. The standard InChI is InChI=1S/C23H27ClN2O4/c1-5-30-20-15-17(13-18(24)22(20)29-4)11-12-21(27)25-19(23(28)26(2)3)14-16-9-7-6-8-10-16/h6-13,15,19H,5,14H2,1-4H3,(H,25,27). The molecule has 0 aliphatic carbocycles. The lowest BCUT2D eigenvalue weighted by Gasteiger charge is -2.21. The summed E-state index contributed by atoms with van der Waals surface area (Å²) in [6, 6.07) is 12.3. The number of nitrogens with zero attached hydrogens (tertiary/aromatic N) is 1. The molecule has 2 aromatic carbocycles. The minimum atomic E-state index is -0.669. The molecule has 2 amide bonds. The van der Waals surface area contributed by atoms with Gasteiger partial charge < -0.3 is 19.7 Å². The summed E-state index contributed by atoms with van der Waals surface area (Å²) in [7, 11) is 4.84. The second kappa shape index (κ2) is 11.3. The van der Waals surface area contributed by atoms with Crippen molar-refractivity contribution < 1.29 is 19.1 Å². The molecule has 0 fully saturated rings. The van der Waals surface area contributed by atoms with E-state index in [1.54, 1.807) is 32.3 Å². The van der Waals surface area contributed by atoms with Crippen LogP contribution in [0, 0.1) is 0 Å². The molecule has 1 N–H and O–H groups in total. The Balaban J connectivity index is 2.16. The summed E-state index contributed by atoms with van der Waals surface area (Å²) in [6.07, 6.45) is 3.39.